The maximum absolute atomic E-state index is 10.1. The van der Waals surface area contributed by atoms with E-state index in [0.717, 1.165) is 5.76 Å². The fourth-order valence-electron chi connectivity index (χ4n) is 1.68. The minimum absolute atomic E-state index is 0.567. The molecule has 1 fully saturated rings. The summed E-state index contributed by atoms with van der Waals surface area (Å²) in [6.07, 6.45) is 4.45. The molecule has 0 aromatic carbocycles. The van der Waals surface area contributed by atoms with Gasteiger partial charge in [0.1, 0.15) is 5.76 Å². The van der Waals surface area contributed by atoms with E-state index < -0.39 is 5.60 Å². The molecule has 0 spiro atoms. The number of nitrogens with zero attached hydrogens (tertiary/aromatic N) is 1. The summed E-state index contributed by atoms with van der Waals surface area (Å²) in [6, 6.07) is 0. The van der Waals surface area contributed by atoms with Crippen molar-refractivity contribution in [2.75, 3.05) is 19.8 Å². The van der Waals surface area contributed by atoms with Crippen LogP contribution in [0.5, 0.6) is 0 Å². The van der Waals surface area contributed by atoms with Crippen LogP contribution in [0.2, 0.25) is 0 Å². The van der Waals surface area contributed by atoms with Crippen LogP contribution in [0.15, 0.2) is 17.0 Å². The van der Waals surface area contributed by atoms with Crippen molar-refractivity contribution in [3.05, 3.63) is 18.4 Å². The van der Waals surface area contributed by atoms with Gasteiger partial charge in [0.2, 0.25) is 0 Å². The van der Waals surface area contributed by atoms with Gasteiger partial charge in [0, 0.05) is 32.6 Å². The van der Waals surface area contributed by atoms with E-state index in [4.69, 9.17) is 9.15 Å². The molecule has 15 heavy (non-hydrogen) atoms. The molecule has 5 nitrogen and oxygen atoms in total. The van der Waals surface area contributed by atoms with Crippen LogP contribution in [0.25, 0.3) is 0 Å². The maximum Gasteiger partial charge on any atom is 0.180 e. The maximum atomic E-state index is 10.1. The van der Waals surface area contributed by atoms with Crippen molar-refractivity contribution >= 4 is 0 Å². The normalized spacial score (nSPS) is 20.3. The van der Waals surface area contributed by atoms with Crippen LogP contribution < -0.4 is 5.32 Å². The second kappa shape index (κ2) is 4.74. The first kappa shape index (κ1) is 10.6. The molecule has 2 heterocycles. The smallest absolute Gasteiger partial charge is 0.180 e. The largest absolute Gasteiger partial charge is 0.447 e. The average molecular weight is 212 g/mol. The van der Waals surface area contributed by atoms with Crippen molar-refractivity contribution in [2.45, 2.75) is 25.0 Å². The van der Waals surface area contributed by atoms with Gasteiger partial charge in [-0.05, 0) is 0 Å². The Balaban J connectivity index is 1.72. The highest BCUT2D eigenvalue weighted by molar-refractivity contribution is 4.89. The Morgan fingerprint density at radius 1 is 1.47 bits per heavy atom. The predicted molar refractivity (Wildman–Crippen MR) is 53.2 cm³/mol. The summed E-state index contributed by atoms with van der Waals surface area (Å²) in [5.74, 6) is 0.783. The fourth-order valence-corrected chi connectivity index (χ4v) is 1.68. The van der Waals surface area contributed by atoms with Gasteiger partial charge in [0.25, 0.3) is 0 Å². The summed E-state index contributed by atoms with van der Waals surface area (Å²) in [6.45, 7) is 2.45. The SMILES string of the molecule is OC1(CNCc2cnco2)CCOCC1. The second-order valence-electron chi connectivity index (χ2n) is 3.91. The van der Waals surface area contributed by atoms with Crippen molar-refractivity contribution in [1.29, 1.82) is 0 Å². The molecule has 1 saturated heterocycles. The molecule has 0 unspecified atom stereocenters. The Hall–Kier alpha value is -0.910. The van der Waals surface area contributed by atoms with Gasteiger partial charge in [-0.25, -0.2) is 4.98 Å². The van der Waals surface area contributed by atoms with E-state index in [1.165, 1.54) is 6.39 Å². The zero-order valence-electron chi connectivity index (χ0n) is 8.61. The molecule has 1 aromatic heterocycles. The Morgan fingerprint density at radius 2 is 2.27 bits per heavy atom. The minimum Gasteiger partial charge on any atom is -0.447 e. The molecule has 0 atom stereocenters. The Kier molecular flexibility index (Phi) is 3.35. The van der Waals surface area contributed by atoms with Gasteiger partial charge in [0.15, 0.2) is 6.39 Å². The third kappa shape index (κ3) is 3.02. The van der Waals surface area contributed by atoms with E-state index >= 15 is 0 Å². The van der Waals surface area contributed by atoms with Gasteiger partial charge in [-0.3, -0.25) is 0 Å². The van der Waals surface area contributed by atoms with Crippen LogP contribution in [-0.2, 0) is 11.3 Å². The molecular weight excluding hydrogens is 196 g/mol. The molecule has 84 valence electrons. The molecule has 0 amide bonds. The average Bonchev–Trinajstić information content (AvgIpc) is 2.71. The summed E-state index contributed by atoms with van der Waals surface area (Å²) >= 11 is 0. The highest BCUT2D eigenvalue weighted by atomic mass is 16.5. The van der Waals surface area contributed by atoms with E-state index in [9.17, 15) is 5.11 Å². The zero-order chi connectivity index (χ0) is 10.6. The van der Waals surface area contributed by atoms with Crippen molar-refractivity contribution in [2.24, 2.45) is 0 Å². The monoisotopic (exact) mass is 212 g/mol. The Morgan fingerprint density at radius 3 is 2.93 bits per heavy atom. The molecule has 2 N–H and O–H groups in total. The number of aromatic nitrogens is 1. The number of hydrogen-bond acceptors (Lipinski definition) is 5. The molecule has 0 saturated carbocycles. The van der Waals surface area contributed by atoms with Gasteiger partial charge >= 0.3 is 0 Å². The minimum atomic E-state index is -0.627. The quantitative estimate of drug-likeness (QED) is 0.751. The van der Waals surface area contributed by atoms with Gasteiger partial charge in [0.05, 0.1) is 18.3 Å². The number of aliphatic hydroxyl groups is 1. The summed E-state index contributed by atoms with van der Waals surface area (Å²) in [5, 5.41) is 13.3. The summed E-state index contributed by atoms with van der Waals surface area (Å²) in [5.41, 5.74) is -0.627. The lowest BCUT2D eigenvalue weighted by molar-refractivity contribution is -0.0618. The van der Waals surface area contributed by atoms with Crippen LogP contribution >= 0.6 is 0 Å². The fraction of sp³-hybridized carbons (Fsp3) is 0.700. The Labute approximate surface area is 88.5 Å². The molecular formula is C10H16N2O3. The zero-order valence-corrected chi connectivity index (χ0v) is 8.61. The van der Waals surface area contributed by atoms with Gasteiger partial charge in [-0.2, -0.15) is 0 Å². The first-order valence-corrected chi connectivity index (χ1v) is 5.17. The summed E-state index contributed by atoms with van der Waals surface area (Å²) in [4.78, 5) is 3.82. The molecule has 5 heteroatoms. The summed E-state index contributed by atoms with van der Waals surface area (Å²) < 4.78 is 10.3. The molecule has 0 radical (unpaired) electrons. The first-order valence-electron chi connectivity index (χ1n) is 5.17. The molecule has 0 aliphatic carbocycles. The number of hydrogen-bond donors (Lipinski definition) is 2. The van der Waals surface area contributed by atoms with E-state index in [1.54, 1.807) is 6.20 Å². The van der Waals surface area contributed by atoms with Crippen molar-refractivity contribution in [3.63, 3.8) is 0 Å². The van der Waals surface area contributed by atoms with Gasteiger partial charge < -0.3 is 19.6 Å². The third-order valence-electron chi connectivity index (χ3n) is 2.66. The number of nitrogens with one attached hydrogen (secondary N) is 1. The Bertz CT molecular complexity index is 281. The molecule has 1 aliphatic rings. The van der Waals surface area contributed by atoms with Crippen molar-refractivity contribution in [3.8, 4) is 0 Å². The van der Waals surface area contributed by atoms with Crippen LogP contribution in [-0.4, -0.2) is 35.5 Å². The van der Waals surface area contributed by atoms with E-state index in [0.29, 0.717) is 39.1 Å². The number of oxazole rings is 1. The van der Waals surface area contributed by atoms with Crippen LogP contribution in [0, 0.1) is 0 Å². The molecule has 1 aliphatic heterocycles. The van der Waals surface area contributed by atoms with Crippen LogP contribution in [0.4, 0.5) is 0 Å². The lowest BCUT2D eigenvalue weighted by atomic mass is 9.94. The highest BCUT2D eigenvalue weighted by Crippen LogP contribution is 2.19. The van der Waals surface area contributed by atoms with Crippen molar-refractivity contribution in [1.82, 2.24) is 10.3 Å². The predicted octanol–water partition coefficient (Wildman–Crippen LogP) is 0.306. The summed E-state index contributed by atoms with van der Waals surface area (Å²) in [7, 11) is 0. The molecule has 2 rings (SSSR count). The topological polar surface area (TPSA) is 67.5 Å². The number of rotatable bonds is 4. The van der Waals surface area contributed by atoms with Gasteiger partial charge in [-0.15, -0.1) is 0 Å². The molecule has 1 aromatic rings. The standard InChI is InChI=1S/C10H16N2O3/c13-10(1-3-14-4-2-10)7-11-5-9-6-12-8-15-9/h6,8,11,13H,1-5,7H2. The van der Waals surface area contributed by atoms with Crippen LogP contribution in [0.1, 0.15) is 18.6 Å². The third-order valence-corrected chi connectivity index (χ3v) is 2.66. The van der Waals surface area contributed by atoms with Gasteiger partial charge in [-0.1, -0.05) is 0 Å². The number of ether oxygens (including phenoxy) is 1. The highest BCUT2D eigenvalue weighted by Gasteiger charge is 2.29. The van der Waals surface area contributed by atoms with Crippen LogP contribution in [0.3, 0.4) is 0 Å². The lowest BCUT2D eigenvalue weighted by Gasteiger charge is -2.32. The van der Waals surface area contributed by atoms with E-state index in [-0.39, 0.29) is 0 Å². The first-order chi connectivity index (χ1) is 7.29. The van der Waals surface area contributed by atoms with E-state index in [1.807, 2.05) is 0 Å². The molecule has 0 bridgehead atoms. The van der Waals surface area contributed by atoms with E-state index in [2.05, 4.69) is 10.3 Å². The second-order valence-corrected chi connectivity index (χ2v) is 3.91. The van der Waals surface area contributed by atoms with Crippen molar-refractivity contribution < 1.29 is 14.3 Å². The lowest BCUT2D eigenvalue weighted by Crippen LogP contribution is -2.44.